The van der Waals surface area contributed by atoms with Crippen molar-refractivity contribution in [2.24, 2.45) is 0 Å². The van der Waals surface area contributed by atoms with Crippen molar-refractivity contribution >= 4 is 5.91 Å². The number of ether oxygens (including phenoxy) is 2. The summed E-state index contributed by atoms with van der Waals surface area (Å²) in [6, 6.07) is 4.42. The first-order valence-corrected chi connectivity index (χ1v) is 6.00. The van der Waals surface area contributed by atoms with Crippen molar-refractivity contribution < 1.29 is 23.0 Å². The SMILES string of the molecule is CCCCNC(=O)c1cccc(OC)c1OC(F)F. The number of methoxy groups -OCH3 is 1. The molecule has 0 aliphatic rings. The second-order valence-corrected chi connectivity index (χ2v) is 3.82. The summed E-state index contributed by atoms with van der Waals surface area (Å²) in [5.74, 6) is -0.597. The van der Waals surface area contributed by atoms with E-state index in [-0.39, 0.29) is 17.1 Å². The smallest absolute Gasteiger partial charge is 0.387 e. The molecule has 0 aromatic heterocycles. The van der Waals surface area contributed by atoms with Crippen molar-refractivity contribution in [3.8, 4) is 11.5 Å². The van der Waals surface area contributed by atoms with Gasteiger partial charge in [-0.2, -0.15) is 8.78 Å². The maximum atomic E-state index is 12.4. The Balaban J connectivity index is 2.94. The summed E-state index contributed by atoms with van der Waals surface area (Å²) >= 11 is 0. The second kappa shape index (κ2) is 7.56. The van der Waals surface area contributed by atoms with Crippen molar-refractivity contribution in [3.05, 3.63) is 23.8 Å². The van der Waals surface area contributed by atoms with E-state index >= 15 is 0 Å². The summed E-state index contributed by atoms with van der Waals surface area (Å²) in [5.41, 5.74) is 0.0377. The van der Waals surface area contributed by atoms with Gasteiger partial charge in [-0.15, -0.1) is 0 Å². The van der Waals surface area contributed by atoms with Crippen molar-refractivity contribution in [2.45, 2.75) is 26.4 Å². The molecule has 0 spiro atoms. The van der Waals surface area contributed by atoms with Gasteiger partial charge in [-0.25, -0.2) is 0 Å². The van der Waals surface area contributed by atoms with Crippen molar-refractivity contribution in [1.29, 1.82) is 0 Å². The molecule has 0 bridgehead atoms. The molecular weight excluding hydrogens is 256 g/mol. The molecule has 19 heavy (non-hydrogen) atoms. The molecule has 6 heteroatoms. The zero-order valence-electron chi connectivity index (χ0n) is 10.9. The molecule has 0 radical (unpaired) electrons. The predicted molar refractivity (Wildman–Crippen MR) is 66.9 cm³/mol. The van der Waals surface area contributed by atoms with Gasteiger partial charge in [-0.3, -0.25) is 4.79 Å². The van der Waals surface area contributed by atoms with Crippen LogP contribution < -0.4 is 14.8 Å². The summed E-state index contributed by atoms with van der Waals surface area (Å²) in [4.78, 5) is 11.9. The molecule has 106 valence electrons. The van der Waals surface area contributed by atoms with E-state index in [0.29, 0.717) is 6.54 Å². The summed E-state index contributed by atoms with van der Waals surface area (Å²) in [6.07, 6.45) is 1.75. The molecule has 1 amide bonds. The number of hydrogen-bond donors (Lipinski definition) is 1. The van der Waals surface area contributed by atoms with Gasteiger partial charge in [0.05, 0.1) is 12.7 Å². The molecule has 0 saturated heterocycles. The van der Waals surface area contributed by atoms with Gasteiger partial charge in [0, 0.05) is 6.54 Å². The third-order valence-corrected chi connectivity index (χ3v) is 2.47. The minimum Gasteiger partial charge on any atom is -0.493 e. The first-order chi connectivity index (χ1) is 9.10. The normalized spacial score (nSPS) is 10.4. The highest BCUT2D eigenvalue weighted by Gasteiger charge is 2.19. The van der Waals surface area contributed by atoms with Crippen LogP contribution in [0.25, 0.3) is 0 Å². The Bertz CT molecular complexity index is 424. The lowest BCUT2D eigenvalue weighted by molar-refractivity contribution is -0.0515. The fraction of sp³-hybridized carbons (Fsp3) is 0.462. The van der Waals surface area contributed by atoms with Gasteiger partial charge in [0.2, 0.25) is 0 Å². The molecular formula is C13H17F2NO3. The van der Waals surface area contributed by atoms with Crippen LogP contribution in [0.4, 0.5) is 8.78 Å². The third kappa shape index (κ3) is 4.39. The van der Waals surface area contributed by atoms with Crippen molar-refractivity contribution in [2.75, 3.05) is 13.7 Å². The molecule has 1 rings (SSSR count). The number of carbonyl (C=O) groups is 1. The van der Waals surface area contributed by atoms with Gasteiger partial charge in [0.15, 0.2) is 11.5 Å². The Morgan fingerprint density at radius 3 is 2.74 bits per heavy atom. The fourth-order valence-corrected chi connectivity index (χ4v) is 1.54. The van der Waals surface area contributed by atoms with E-state index in [1.54, 1.807) is 6.07 Å². The number of halogens is 2. The van der Waals surface area contributed by atoms with Gasteiger partial charge in [0.25, 0.3) is 5.91 Å². The van der Waals surface area contributed by atoms with Crippen LogP contribution in [0.15, 0.2) is 18.2 Å². The van der Waals surface area contributed by atoms with E-state index in [1.807, 2.05) is 6.92 Å². The summed E-state index contributed by atoms with van der Waals surface area (Å²) in [5, 5.41) is 2.65. The Hall–Kier alpha value is -1.85. The standard InChI is InChI=1S/C13H17F2NO3/c1-3-4-8-16-12(17)9-6-5-7-10(18-2)11(9)19-13(14)15/h5-7,13H,3-4,8H2,1-2H3,(H,16,17). The maximum Gasteiger partial charge on any atom is 0.387 e. The minimum absolute atomic E-state index is 0.0377. The molecule has 0 heterocycles. The molecule has 0 unspecified atom stereocenters. The Morgan fingerprint density at radius 2 is 2.16 bits per heavy atom. The van der Waals surface area contributed by atoms with Gasteiger partial charge in [-0.05, 0) is 18.6 Å². The van der Waals surface area contributed by atoms with Crippen LogP contribution in [0.5, 0.6) is 11.5 Å². The second-order valence-electron chi connectivity index (χ2n) is 3.82. The van der Waals surface area contributed by atoms with Crippen LogP contribution in [-0.2, 0) is 0 Å². The lowest BCUT2D eigenvalue weighted by atomic mass is 10.1. The monoisotopic (exact) mass is 273 g/mol. The quantitative estimate of drug-likeness (QED) is 0.777. The minimum atomic E-state index is -3.02. The van der Waals surface area contributed by atoms with Crippen LogP contribution in [0, 0.1) is 0 Å². The van der Waals surface area contributed by atoms with E-state index < -0.39 is 12.5 Å². The van der Waals surface area contributed by atoms with Gasteiger partial charge in [-0.1, -0.05) is 19.4 Å². The van der Waals surface area contributed by atoms with E-state index in [2.05, 4.69) is 10.1 Å². The van der Waals surface area contributed by atoms with E-state index in [0.717, 1.165) is 12.8 Å². The Labute approximate surface area is 110 Å². The predicted octanol–water partition coefficient (Wildman–Crippen LogP) is 2.83. The van der Waals surface area contributed by atoms with E-state index in [1.165, 1.54) is 19.2 Å². The topological polar surface area (TPSA) is 47.6 Å². The van der Waals surface area contributed by atoms with Crippen LogP contribution >= 0.6 is 0 Å². The number of hydrogen-bond acceptors (Lipinski definition) is 3. The first kappa shape index (κ1) is 15.2. The number of benzene rings is 1. The Morgan fingerprint density at radius 1 is 1.42 bits per heavy atom. The molecule has 1 aromatic rings. The lowest BCUT2D eigenvalue weighted by Gasteiger charge is -2.14. The maximum absolute atomic E-state index is 12.4. The molecule has 0 aliphatic carbocycles. The number of amides is 1. The third-order valence-electron chi connectivity index (χ3n) is 2.47. The number of carbonyl (C=O) groups excluding carboxylic acids is 1. The highest BCUT2D eigenvalue weighted by Crippen LogP contribution is 2.32. The van der Waals surface area contributed by atoms with Crippen molar-refractivity contribution in [1.82, 2.24) is 5.32 Å². The van der Waals surface area contributed by atoms with Gasteiger partial charge < -0.3 is 14.8 Å². The molecule has 0 aliphatic heterocycles. The number of rotatable bonds is 7. The van der Waals surface area contributed by atoms with Gasteiger partial charge in [0.1, 0.15) is 0 Å². The zero-order chi connectivity index (χ0) is 14.3. The van der Waals surface area contributed by atoms with E-state index in [4.69, 9.17) is 4.74 Å². The summed E-state index contributed by atoms with van der Waals surface area (Å²) in [6.45, 7) is -0.539. The van der Waals surface area contributed by atoms with Crippen LogP contribution in [0.3, 0.4) is 0 Å². The zero-order valence-corrected chi connectivity index (χ0v) is 10.9. The van der Waals surface area contributed by atoms with Gasteiger partial charge >= 0.3 is 6.61 Å². The van der Waals surface area contributed by atoms with Crippen LogP contribution in [0.2, 0.25) is 0 Å². The number of alkyl halides is 2. The first-order valence-electron chi connectivity index (χ1n) is 6.00. The highest BCUT2D eigenvalue weighted by atomic mass is 19.3. The Kier molecular flexibility index (Phi) is 6.05. The lowest BCUT2D eigenvalue weighted by Crippen LogP contribution is -2.25. The largest absolute Gasteiger partial charge is 0.493 e. The molecule has 1 N–H and O–H groups in total. The molecule has 0 fully saturated rings. The fourth-order valence-electron chi connectivity index (χ4n) is 1.54. The average Bonchev–Trinajstić information content (AvgIpc) is 2.38. The number of para-hydroxylation sites is 1. The van der Waals surface area contributed by atoms with Crippen LogP contribution in [0.1, 0.15) is 30.1 Å². The molecule has 1 aromatic carbocycles. The highest BCUT2D eigenvalue weighted by molar-refractivity contribution is 5.97. The van der Waals surface area contributed by atoms with Crippen molar-refractivity contribution in [3.63, 3.8) is 0 Å². The van der Waals surface area contributed by atoms with Crippen LogP contribution in [-0.4, -0.2) is 26.2 Å². The average molecular weight is 273 g/mol. The number of nitrogens with one attached hydrogen (secondary N) is 1. The summed E-state index contributed by atoms with van der Waals surface area (Å²) in [7, 11) is 1.33. The molecule has 4 nitrogen and oxygen atoms in total. The number of unbranched alkanes of at least 4 members (excludes halogenated alkanes) is 1. The molecule has 0 atom stereocenters. The molecule has 0 saturated carbocycles. The van der Waals surface area contributed by atoms with E-state index in [9.17, 15) is 13.6 Å². The summed E-state index contributed by atoms with van der Waals surface area (Å²) < 4.78 is 34.1.